The topological polar surface area (TPSA) is 74.5 Å². The largest absolute Gasteiger partial charge is 0.386 e. The minimum atomic E-state index is -0.613. The third kappa shape index (κ3) is 4.45. The Morgan fingerprint density at radius 1 is 1.48 bits per heavy atom. The molecule has 2 aromatic heterocycles. The van der Waals surface area contributed by atoms with Crippen molar-refractivity contribution in [1.29, 1.82) is 0 Å². The van der Waals surface area contributed by atoms with Gasteiger partial charge in [-0.15, -0.1) is 11.3 Å². The van der Waals surface area contributed by atoms with Crippen LogP contribution in [0.3, 0.4) is 0 Å². The van der Waals surface area contributed by atoms with Crippen LogP contribution in [0.15, 0.2) is 29.4 Å². The van der Waals surface area contributed by atoms with Crippen LogP contribution in [0, 0.1) is 0 Å². The van der Waals surface area contributed by atoms with E-state index in [1.807, 2.05) is 19.2 Å². The number of rotatable bonds is 5. The van der Waals surface area contributed by atoms with Crippen molar-refractivity contribution in [2.75, 3.05) is 13.6 Å². The standard InChI is InChI=1S/C13H18ClN5OS/c1-15-13(16-7-9-5-6-18-19(9)2)17-8-10(20)11-3-4-12(14)21-11/h3-6,10,20H,7-8H2,1-2H3,(H2,15,16,17). The monoisotopic (exact) mass is 327 g/mol. The van der Waals surface area contributed by atoms with Gasteiger partial charge in [0.25, 0.3) is 0 Å². The molecule has 2 rings (SSSR count). The van der Waals surface area contributed by atoms with E-state index in [1.165, 1.54) is 11.3 Å². The second-order valence-electron chi connectivity index (χ2n) is 4.41. The fourth-order valence-corrected chi connectivity index (χ4v) is 2.82. The Bertz CT molecular complexity index is 609. The van der Waals surface area contributed by atoms with Gasteiger partial charge >= 0.3 is 0 Å². The highest BCUT2D eigenvalue weighted by Gasteiger charge is 2.11. The molecule has 0 saturated heterocycles. The van der Waals surface area contributed by atoms with Crippen LogP contribution in [-0.4, -0.2) is 34.4 Å². The van der Waals surface area contributed by atoms with Crippen molar-refractivity contribution in [1.82, 2.24) is 20.4 Å². The minimum Gasteiger partial charge on any atom is -0.386 e. The van der Waals surface area contributed by atoms with Crippen LogP contribution in [-0.2, 0) is 13.6 Å². The predicted molar refractivity (Wildman–Crippen MR) is 85.7 cm³/mol. The normalized spacial score (nSPS) is 13.2. The zero-order valence-electron chi connectivity index (χ0n) is 11.9. The Morgan fingerprint density at radius 3 is 2.86 bits per heavy atom. The molecular weight excluding hydrogens is 310 g/mol. The molecule has 3 N–H and O–H groups in total. The maximum absolute atomic E-state index is 10.1. The molecule has 2 aromatic rings. The van der Waals surface area contributed by atoms with E-state index in [-0.39, 0.29) is 0 Å². The van der Waals surface area contributed by atoms with Gasteiger partial charge < -0.3 is 15.7 Å². The number of aryl methyl sites for hydroxylation is 1. The van der Waals surface area contributed by atoms with Gasteiger partial charge in [0.05, 0.1) is 16.6 Å². The first-order chi connectivity index (χ1) is 10.1. The number of aliphatic imine (C=N–C) groups is 1. The first-order valence-corrected chi connectivity index (χ1v) is 7.64. The third-order valence-corrected chi connectivity index (χ3v) is 4.30. The predicted octanol–water partition coefficient (Wildman–Crippen LogP) is 1.53. The molecule has 0 aliphatic rings. The highest BCUT2D eigenvalue weighted by atomic mass is 35.5. The SMILES string of the molecule is CN=C(NCc1ccnn1C)NCC(O)c1ccc(Cl)s1. The van der Waals surface area contributed by atoms with E-state index >= 15 is 0 Å². The lowest BCUT2D eigenvalue weighted by Gasteiger charge is -2.14. The Kier molecular flexibility index (Phi) is 5.60. The summed E-state index contributed by atoms with van der Waals surface area (Å²) in [6, 6.07) is 5.54. The second-order valence-corrected chi connectivity index (χ2v) is 6.16. The number of nitrogens with zero attached hydrogens (tertiary/aromatic N) is 3. The summed E-state index contributed by atoms with van der Waals surface area (Å²) in [5.41, 5.74) is 1.04. The van der Waals surface area contributed by atoms with Gasteiger partial charge in [0, 0.05) is 31.7 Å². The van der Waals surface area contributed by atoms with Crippen molar-refractivity contribution in [3.05, 3.63) is 39.3 Å². The number of guanidine groups is 1. The van der Waals surface area contributed by atoms with Gasteiger partial charge in [0.2, 0.25) is 0 Å². The summed E-state index contributed by atoms with van der Waals surface area (Å²) in [5, 5.41) is 20.4. The lowest BCUT2D eigenvalue weighted by Crippen LogP contribution is -2.39. The first-order valence-electron chi connectivity index (χ1n) is 6.45. The summed E-state index contributed by atoms with van der Waals surface area (Å²) in [5.74, 6) is 0.623. The second kappa shape index (κ2) is 7.44. The molecular formula is C13H18ClN5OS. The summed E-state index contributed by atoms with van der Waals surface area (Å²) in [6.07, 6.45) is 1.13. The number of thiophene rings is 1. The minimum absolute atomic E-state index is 0.363. The van der Waals surface area contributed by atoms with Crippen molar-refractivity contribution in [3.8, 4) is 0 Å². The molecule has 1 atom stereocenters. The van der Waals surface area contributed by atoms with Crippen LogP contribution in [0.2, 0.25) is 4.34 Å². The van der Waals surface area contributed by atoms with Crippen molar-refractivity contribution in [3.63, 3.8) is 0 Å². The van der Waals surface area contributed by atoms with Gasteiger partial charge in [-0.2, -0.15) is 5.10 Å². The van der Waals surface area contributed by atoms with Gasteiger partial charge in [-0.25, -0.2) is 0 Å². The van der Waals surface area contributed by atoms with E-state index in [4.69, 9.17) is 11.6 Å². The Labute approximate surface area is 132 Å². The molecule has 8 heteroatoms. The van der Waals surface area contributed by atoms with E-state index in [0.29, 0.717) is 23.4 Å². The highest BCUT2D eigenvalue weighted by molar-refractivity contribution is 7.16. The molecule has 0 aliphatic heterocycles. The molecule has 0 amide bonds. The molecule has 0 spiro atoms. The number of aliphatic hydroxyl groups excluding tert-OH is 1. The molecule has 0 aliphatic carbocycles. The van der Waals surface area contributed by atoms with E-state index in [1.54, 1.807) is 24.0 Å². The smallest absolute Gasteiger partial charge is 0.191 e. The van der Waals surface area contributed by atoms with Crippen LogP contribution in [0.25, 0.3) is 0 Å². The number of hydrogen-bond donors (Lipinski definition) is 3. The summed E-state index contributed by atoms with van der Waals surface area (Å²) in [7, 11) is 3.57. The number of nitrogens with one attached hydrogen (secondary N) is 2. The average Bonchev–Trinajstić information content (AvgIpc) is 3.08. The van der Waals surface area contributed by atoms with Crippen LogP contribution in [0.5, 0.6) is 0 Å². The Morgan fingerprint density at radius 2 is 2.29 bits per heavy atom. The summed E-state index contributed by atoms with van der Waals surface area (Å²) < 4.78 is 2.46. The molecule has 0 aromatic carbocycles. The van der Waals surface area contributed by atoms with E-state index in [0.717, 1.165) is 10.6 Å². The number of aliphatic hydroxyl groups is 1. The van der Waals surface area contributed by atoms with Crippen LogP contribution < -0.4 is 10.6 Å². The van der Waals surface area contributed by atoms with E-state index < -0.39 is 6.10 Å². The van der Waals surface area contributed by atoms with E-state index in [9.17, 15) is 5.11 Å². The number of hydrogen-bond acceptors (Lipinski definition) is 4. The lowest BCUT2D eigenvalue weighted by atomic mass is 10.3. The first kappa shape index (κ1) is 15.8. The van der Waals surface area contributed by atoms with Crippen LogP contribution in [0.4, 0.5) is 0 Å². The highest BCUT2D eigenvalue weighted by Crippen LogP contribution is 2.26. The summed E-state index contributed by atoms with van der Waals surface area (Å²) in [4.78, 5) is 4.95. The fourth-order valence-electron chi connectivity index (χ4n) is 1.77. The number of halogens is 1. The van der Waals surface area contributed by atoms with Gasteiger partial charge in [0.15, 0.2) is 5.96 Å². The lowest BCUT2D eigenvalue weighted by molar-refractivity contribution is 0.184. The third-order valence-electron chi connectivity index (χ3n) is 2.97. The molecule has 0 bridgehead atoms. The summed E-state index contributed by atoms with van der Waals surface area (Å²) >= 11 is 7.23. The van der Waals surface area contributed by atoms with Crippen molar-refractivity contribution in [2.24, 2.45) is 12.0 Å². The van der Waals surface area contributed by atoms with Crippen LogP contribution in [0.1, 0.15) is 16.7 Å². The van der Waals surface area contributed by atoms with Crippen LogP contribution >= 0.6 is 22.9 Å². The Hall–Kier alpha value is -1.57. The van der Waals surface area contributed by atoms with E-state index in [2.05, 4.69) is 20.7 Å². The maximum Gasteiger partial charge on any atom is 0.191 e. The molecule has 0 fully saturated rings. The molecule has 1 unspecified atom stereocenters. The zero-order chi connectivity index (χ0) is 15.2. The fraction of sp³-hybridized carbons (Fsp3) is 0.385. The molecule has 21 heavy (non-hydrogen) atoms. The van der Waals surface area contributed by atoms with Gasteiger partial charge in [-0.1, -0.05) is 11.6 Å². The average molecular weight is 328 g/mol. The van der Waals surface area contributed by atoms with Crippen molar-refractivity contribution < 1.29 is 5.11 Å². The van der Waals surface area contributed by atoms with Crippen molar-refractivity contribution in [2.45, 2.75) is 12.6 Å². The summed E-state index contributed by atoms with van der Waals surface area (Å²) in [6.45, 7) is 0.971. The molecule has 0 radical (unpaired) electrons. The maximum atomic E-state index is 10.1. The van der Waals surface area contributed by atoms with Crippen molar-refractivity contribution >= 4 is 28.9 Å². The van der Waals surface area contributed by atoms with Gasteiger partial charge in [0.1, 0.15) is 6.10 Å². The molecule has 2 heterocycles. The Balaban J connectivity index is 1.81. The van der Waals surface area contributed by atoms with Gasteiger partial charge in [-0.3, -0.25) is 9.67 Å². The zero-order valence-corrected chi connectivity index (χ0v) is 13.4. The number of aromatic nitrogens is 2. The molecule has 6 nitrogen and oxygen atoms in total. The van der Waals surface area contributed by atoms with Gasteiger partial charge in [-0.05, 0) is 18.2 Å². The molecule has 0 saturated carbocycles. The quantitative estimate of drug-likeness (QED) is 0.575. The molecule has 114 valence electrons.